The summed E-state index contributed by atoms with van der Waals surface area (Å²) >= 11 is 9.64. The number of halogens is 2. The number of amides is 1. The van der Waals surface area contributed by atoms with Gasteiger partial charge >= 0.3 is 6.09 Å². The summed E-state index contributed by atoms with van der Waals surface area (Å²) in [7, 11) is 0. The molecule has 2 saturated heterocycles. The lowest BCUT2D eigenvalue weighted by Gasteiger charge is -2.36. The predicted molar refractivity (Wildman–Crippen MR) is 88.7 cm³/mol. The van der Waals surface area contributed by atoms with Crippen molar-refractivity contribution in [3.05, 3.63) is 28.0 Å². The molecule has 6 nitrogen and oxygen atoms in total. The van der Waals surface area contributed by atoms with Crippen LogP contribution in [0.4, 0.5) is 4.79 Å². The maximum Gasteiger partial charge on any atom is 0.410 e. The maximum absolute atomic E-state index is 12.2. The minimum Gasteiger partial charge on any atom is -0.441 e. The second kappa shape index (κ2) is 5.08. The summed E-state index contributed by atoms with van der Waals surface area (Å²) in [5, 5.41) is 0.411. The number of carbonyl (C=O) groups is 1. The number of piperidine rings is 1. The highest BCUT2D eigenvalue weighted by Gasteiger charge is 2.50. The van der Waals surface area contributed by atoms with Crippen molar-refractivity contribution in [1.82, 2.24) is 19.3 Å². The van der Waals surface area contributed by atoms with Gasteiger partial charge in [-0.25, -0.2) is 14.8 Å². The van der Waals surface area contributed by atoms with Gasteiger partial charge in [-0.05, 0) is 42.6 Å². The van der Waals surface area contributed by atoms with E-state index in [9.17, 15) is 4.79 Å². The monoisotopic (exact) mass is 398 g/mol. The minimum atomic E-state index is -0.426. The van der Waals surface area contributed by atoms with Crippen molar-refractivity contribution in [3.63, 3.8) is 0 Å². The molecule has 2 aliphatic rings. The van der Waals surface area contributed by atoms with E-state index in [1.54, 1.807) is 6.20 Å². The molecule has 2 aliphatic heterocycles. The lowest BCUT2D eigenvalue weighted by Crippen LogP contribution is -2.46. The first-order chi connectivity index (χ1) is 10.9. The van der Waals surface area contributed by atoms with Crippen LogP contribution in [0.3, 0.4) is 0 Å². The highest BCUT2D eigenvalue weighted by molar-refractivity contribution is 9.10. The predicted octanol–water partition coefficient (Wildman–Crippen LogP) is 3.62. The number of carbonyl (C=O) groups excluding carboxylic acids is 1. The van der Waals surface area contributed by atoms with E-state index in [1.807, 2.05) is 29.3 Å². The van der Waals surface area contributed by atoms with Crippen LogP contribution in [0.15, 0.2) is 17.0 Å². The molecule has 2 aromatic rings. The molecule has 0 saturated carbocycles. The average Bonchev–Trinajstić information content (AvgIpc) is 2.95. The smallest absolute Gasteiger partial charge is 0.410 e. The molecule has 1 amide bonds. The van der Waals surface area contributed by atoms with Crippen molar-refractivity contribution >= 4 is 39.1 Å². The molecule has 4 rings (SSSR count). The van der Waals surface area contributed by atoms with Crippen LogP contribution in [0.5, 0.6) is 0 Å². The van der Waals surface area contributed by atoms with Crippen LogP contribution in [0.1, 0.15) is 38.4 Å². The molecule has 0 aliphatic carbocycles. The van der Waals surface area contributed by atoms with Crippen LogP contribution in [0.2, 0.25) is 5.15 Å². The Morgan fingerprint density at radius 3 is 3.00 bits per heavy atom. The molecule has 0 N–H and O–H groups in total. The van der Waals surface area contributed by atoms with Gasteiger partial charge in [0.05, 0.1) is 6.04 Å². The van der Waals surface area contributed by atoms with Crippen molar-refractivity contribution in [2.75, 3.05) is 6.54 Å². The lowest BCUT2D eigenvalue weighted by molar-refractivity contribution is 0.0612. The SMILES string of the molecule is CC1(C)OC(=O)N2C[C@H](c3nc(Br)c4c(Cl)nccn34)CC[C@H]21. The van der Waals surface area contributed by atoms with E-state index < -0.39 is 5.60 Å². The van der Waals surface area contributed by atoms with Gasteiger partial charge < -0.3 is 9.64 Å². The van der Waals surface area contributed by atoms with E-state index in [2.05, 4.69) is 25.9 Å². The Morgan fingerprint density at radius 2 is 2.22 bits per heavy atom. The van der Waals surface area contributed by atoms with E-state index in [-0.39, 0.29) is 18.1 Å². The number of aromatic nitrogens is 3. The quantitative estimate of drug-likeness (QED) is 0.735. The van der Waals surface area contributed by atoms with Gasteiger partial charge in [0.25, 0.3) is 0 Å². The van der Waals surface area contributed by atoms with Gasteiger partial charge in [0.15, 0.2) is 5.15 Å². The molecule has 0 bridgehead atoms. The molecule has 0 spiro atoms. The second-order valence-electron chi connectivity index (χ2n) is 6.61. The first-order valence-corrected chi connectivity index (χ1v) is 8.73. The highest BCUT2D eigenvalue weighted by Crippen LogP contribution is 2.40. The summed E-state index contributed by atoms with van der Waals surface area (Å²) in [5.74, 6) is 1.04. The third-order valence-electron chi connectivity index (χ3n) is 4.83. The van der Waals surface area contributed by atoms with E-state index >= 15 is 0 Å². The molecule has 4 heterocycles. The fourth-order valence-corrected chi connectivity index (χ4v) is 4.64. The fraction of sp³-hybridized carbons (Fsp3) is 0.533. The molecule has 8 heteroatoms. The molecule has 23 heavy (non-hydrogen) atoms. The number of hydrogen-bond donors (Lipinski definition) is 0. The van der Waals surface area contributed by atoms with E-state index in [4.69, 9.17) is 16.3 Å². The van der Waals surface area contributed by atoms with E-state index in [0.29, 0.717) is 16.3 Å². The molecular formula is C15H16BrClN4O2. The zero-order valence-corrected chi connectivity index (χ0v) is 15.1. The zero-order chi connectivity index (χ0) is 16.4. The summed E-state index contributed by atoms with van der Waals surface area (Å²) < 4.78 is 8.14. The van der Waals surface area contributed by atoms with Crippen LogP contribution in [0, 0.1) is 0 Å². The van der Waals surface area contributed by atoms with Gasteiger partial charge in [-0.15, -0.1) is 0 Å². The van der Waals surface area contributed by atoms with Gasteiger partial charge in [0.2, 0.25) is 0 Å². The highest BCUT2D eigenvalue weighted by atomic mass is 79.9. The molecule has 0 unspecified atom stereocenters. The van der Waals surface area contributed by atoms with Crippen LogP contribution in [-0.2, 0) is 4.74 Å². The molecular weight excluding hydrogens is 384 g/mol. The summed E-state index contributed by atoms with van der Waals surface area (Å²) in [4.78, 5) is 22.7. The number of cyclic esters (lactones) is 1. The van der Waals surface area contributed by atoms with Gasteiger partial charge in [-0.1, -0.05) is 11.6 Å². The van der Waals surface area contributed by atoms with Crippen LogP contribution < -0.4 is 0 Å². The summed E-state index contributed by atoms with van der Waals surface area (Å²) in [6, 6.07) is 0.131. The Morgan fingerprint density at radius 1 is 1.43 bits per heavy atom. The number of hydrogen-bond acceptors (Lipinski definition) is 4. The topological polar surface area (TPSA) is 59.7 Å². The van der Waals surface area contributed by atoms with Gasteiger partial charge in [-0.3, -0.25) is 4.40 Å². The van der Waals surface area contributed by atoms with Crippen molar-refractivity contribution in [2.45, 2.75) is 44.2 Å². The Kier molecular flexibility index (Phi) is 3.36. The Labute approximate surface area is 146 Å². The Hall–Kier alpha value is -1.34. The molecule has 2 aromatic heterocycles. The third-order valence-corrected chi connectivity index (χ3v) is 5.66. The molecule has 2 fully saturated rings. The van der Waals surface area contributed by atoms with E-state index in [1.165, 1.54) is 0 Å². The summed E-state index contributed by atoms with van der Waals surface area (Å²) in [5.41, 5.74) is 0.334. The Bertz CT molecular complexity index is 806. The number of rotatable bonds is 1. The first-order valence-electron chi connectivity index (χ1n) is 7.56. The molecule has 2 atom stereocenters. The average molecular weight is 400 g/mol. The first kappa shape index (κ1) is 15.2. The van der Waals surface area contributed by atoms with Crippen molar-refractivity contribution in [1.29, 1.82) is 0 Å². The van der Waals surface area contributed by atoms with Crippen molar-refractivity contribution < 1.29 is 9.53 Å². The fourth-order valence-electron chi connectivity index (χ4n) is 3.73. The molecule has 0 aromatic carbocycles. The van der Waals surface area contributed by atoms with Crippen LogP contribution in [-0.4, -0.2) is 43.5 Å². The number of imidazole rings is 1. The van der Waals surface area contributed by atoms with Crippen LogP contribution >= 0.6 is 27.5 Å². The van der Waals surface area contributed by atoms with Gasteiger partial charge in [-0.2, -0.15) is 0 Å². The number of nitrogens with zero attached hydrogens (tertiary/aromatic N) is 4. The molecule has 122 valence electrons. The zero-order valence-electron chi connectivity index (χ0n) is 12.8. The standard InChI is InChI=1S/C15H16BrClN4O2/c1-15(2)9-4-3-8(7-21(9)14(22)23-15)13-19-11(16)10-12(17)18-5-6-20(10)13/h5-6,8-9H,3-4,7H2,1-2H3/t8-,9+/m1/s1. The summed E-state index contributed by atoms with van der Waals surface area (Å²) in [6.45, 7) is 4.56. The molecule has 0 radical (unpaired) electrons. The van der Waals surface area contributed by atoms with E-state index in [0.717, 1.165) is 24.2 Å². The normalized spacial score (nSPS) is 26.4. The largest absolute Gasteiger partial charge is 0.441 e. The Balaban J connectivity index is 1.71. The minimum absolute atomic E-state index is 0.131. The van der Waals surface area contributed by atoms with Crippen molar-refractivity contribution in [2.24, 2.45) is 0 Å². The number of fused-ring (bicyclic) bond motifs is 2. The number of ether oxygens (including phenoxy) is 1. The second-order valence-corrected chi connectivity index (χ2v) is 7.72. The summed E-state index contributed by atoms with van der Waals surface area (Å²) in [6.07, 6.45) is 5.13. The van der Waals surface area contributed by atoms with Crippen molar-refractivity contribution in [3.8, 4) is 0 Å². The van der Waals surface area contributed by atoms with Crippen LogP contribution in [0.25, 0.3) is 5.52 Å². The third kappa shape index (κ3) is 2.24. The lowest BCUT2D eigenvalue weighted by atomic mass is 9.86. The van der Waals surface area contributed by atoms with Gasteiger partial charge in [0.1, 0.15) is 21.5 Å². The van der Waals surface area contributed by atoms with Gasteiger partial charge in [0, 0.05) is 24.9 Å². The maximum atomic E-state index is 12.2.